The third-order valence-corrected chi connectivity index (χ3v) is 3.52. The molecule has 23 heavy (non-hydrogen) atoms. The lowest BCUT2D eigenvalue weighted by Gasteiger charge is -2.04. The van der Waals surface area contributed by atoms with Crippen LogP contribution in [0.25, 0.3) is 5.69 Å². The minimum atomic E-state index is -0.193. The van der Waals surface area contributed by atoms with Gasteiger partial charge in [0.15, 0.2) is 0 Å². The molecule has 0 atom stereocenters. The molecule has 0 aliphatic heterocycles. The SMILES string of the molecule is O=C(CCc1cnn(-c2ccccc2)c1)OCc1ccccc1. The fourth-order valence-electron chi connectivity index (χ4n) is 2.27. The summed E-state index contributed by atoms with van der Waals surface area (Å²) in [4.78, 5) is 11.8. The molecule has 0 aliphatic rings. The molecule has 0 amide bonds. The van der Waals surface area contributed by atoms with Crippen LogP contribution in [0.4, 0.5) is 0 Å². The molecule has 0 fully saturated rings. The molecule has 4 nitrogen and oxygen atoms in total. The number of nitrogens with zero attached hydrogens (tertiary/aromatic N) is 2. The van der Waals surface area contributed by atoms with E-state index in [0.29, 0.717) is 19.4 Å². The van der Waals surface area contributed by atoms with E-state index in [1.807, 2.05) is 71.5 Å². The van der Waals surface area contributed by atoms with Gasteiger partial charge in [-0.2, -0.15) is 5.10 Å². The Bertz CT molecular complexity index is 751. The molecule has 3 rings (SSSR count). The fourth-order valence-corrected chi connectivity index (χ4v) is 2.27. The number of ether oxygens (including phenoxy) is 1. The van der Waals surface area contributed by atoms with Gasteiger partial charge in [-0.1, -0.05) is 48.5 Å². The lowest BCUT2D eigenvalue weighted by atomic mass is 10.2. The molecular formula is C19H18N2O2. The number of carbonyl (C=O) groups excluding carboxylic acids is 1. The van der Waals surface area contributed by atoms with Crippen molar-refractivity contribution in [1.82, 2.24) is 9.78 Å². The minimum Gasteiger partial charge on any atom is -0.461 e. The summed E-state index contributed by atoms with van der Waals surface area (Å²) < 4.78 is 7.09. The molecule has 0 N–H and O–H groups in total. The smallest absolute Gasteiger partial charge is 0.306 e. The van der Waals surface area contributed by atoms with E-state index in [4.69, 9.17) is 4.74 Å². The Hall–Kier alpha value is -2.88. The van der Waals surface area contributed by atoms with E-state index in [2.05, 4.69) is 5.10 Å². The molecule has 0 unspecified atom stereocenters. The first-order valence-electron chi connectivity index (χ1n) is 7.60. The second-order valence-electron chi connectivity index (χ2n) is 5.27. The molecule has 0 spiro atoms. The average Bonchev–Trinajstić information content (AvgIpc) is 3.09. The highest BCUT2D eigenvalue weighted by Gasteiger charge is 2.06. The van der Waals surface area contributed by atoms with Crippen LogP contribution in [0.5, 0.6) is 0 Å². The van der Waals surface area contributed by atoms with Crippen LogP contribution in [0.15, 0.2) is 73.1 Å². The monoisotopic (exact) mass is 306 g/mol. The van der Waals surface area contributed by atoms with Gasteiger partial charge in [0.25, 0.3) is 0 Å². The van der Waals surface area contributed by atoms with Crippen LogP contribution in [-0.4, -0.2) is 15.7 Å². The lowest BCUT2D eigenvalue weighted by molar-refractivity contribution is -0.144. The third kappa shape index (κ3) is 4.30. The van der Waals surface area contributed by atoms with Crippen molar-refractivity contribution in [2.75, 3.05) is 0 Å². The zero-order chi connectivity index (χ0) is 15.9. The van der Waals surface area contributed by atoms with Crippen molar-refractivity contribution in [3.05, 3.63) is 84.2 Å². The third-order valence-electron chi connectivity index (χ3n) is 3.52. The topological polar surface area (TPSA) is 44.1 Å². The van der Waals surface area contributed by atoms with Crippen LogP contribution in [-0.2, 0) is 22.6 Å². The van der Waals surface area contributed by atoms with Gasteiger partial charge in [-0.25, -0.2) is 4.68 Å². The maximum atomic E-state index is 11.8. The fraction of sp³-hybridized carbons (Fsp3) is 0.158. The maximum absolute atomic E-state index is 11.8. The number of esters is 1. The number of hydrogen-bond acceptors (Lipinski definition) is 3. The molecular weight excluding hydrogens is 288 g/mol. The zero-order valence-corrected chi connectivity index (χ0v) is 12.8. The van der Waals surface area contributed by atoms with Crippen molar-refractivity contribution in [2.24, 2.45) is 0 Å². The molecule has 116 valence electrons. The van der Waals surface area contributed by atoms with E-state index in [0.717, 1.165) is 16.8 Å². The highest BCUT2D eigenvalue weighted by Crippen LogP contribution is 2.10. The number of aryl methyl sites for hydroxylation is 1. The Morgan fingerprint density at radius 3 is 2.39 bits per heavy atom. The van der Waals surface area contributed by atoms with Crippen molar-refractivity contribution in [3.63, 3.8) is 0 Å². The first kappa shape index (κ1) is 15.0. The first-order valence-corrected chi connectivity index (χ1v) is 7.60. The Balaban J connectivity index is 1.49. The highest BCUT2D eigenvalue weighted by molar-refractivity contribution is 5.69. The lowest BCUT2D eigenvalue weighted by Crippen LogP contribution is -2.05. The van der Waals surface area contributed by atoms with Crippen LogP contribution >= 0.6 is 0 Å². The van der Waals surface area contributed by atoms with E-state index in [1.165, 1.54) is 0 Å². The van der Waals surface area contributed by atoms with E-state index in [9.17, 15) is 4.79 Å². The van der Waals surface area contributed by atoms with Crippen molar-refractivity contribution >= 4 is 5.97 Å². The minimum absolute atomic E-state index is 0.193. The standard InChI is InChI=1S/C19H18N2O2/c22-19(23-15-16-7-3-1-4-8-16)12-11-17-13-20-21(14-17)18-9-5-2-6-10-18/h1-10,13-14H,11-12,15H2. The predicted octanol–water partition coefficient (Wildman–Crippen LogP) is 3.55. The first-order chi connectivity index (χ1) is 11.3. The molecule has 1 aromatic heterocycles. The number of carbonyl (C=O) groups is 1. The van der Waals surface area contributed by atoms with Gasteiger partial charge in [0.2, 0.25) is 0 Å². The van der Waals surface area contributed by atoms with E-state index in [1.54, 1.807) is 6.20 Å². The number of para-hydroxylation sites is 1. The Morgan fingerprint density at radius 1 is 0.957 bits per heavy atom. The molecule has 0 bridgehead atoms. The number of hydrogen-bond donors (Lipinski definition) is 0. The summed E-state index contributed by atoms with van der Waals surface area (Å²) in [5.74, 6) is -0.193. The van der Waals surface area contributed by atoms with Gasteiger partial charge in [0.05, 0.1) is 11.9 Å². The van der Waals surface area contributed by atoms with Gasteiger partial charge in [-0.15, -0.1) is 0 Å². The van der Waals surface area contributed by atoms with E-state index in [-0.39, 0.29) is 5.97 Å². The second-order valence-corrected chi connectivity index (χ2v) is 5.27. The Labute approximate surface area is 135 Å². The van der Waals surface area contributed by atoms with Crippen molar-refractivity contribution in [3.8, 4) is 5.69 Å². The quantitative estimate of drug-likeness (QED) is 0.654. The normalized spacial score (nSPS) is 10.4. The molecule has 2 aromatic carbocycles. The zero-order valence-electron chi connectivity index (χ0n) is 12.8. The summed E-state index contributed by atoms with van der Waals surface area (Å²) in [7, 11) is 0. The van der Waals surface area contributed by atoms with Crippen LogP contribution in [0.3, 0.4) is 0 Å². The van der Waals surface area contributed by atoms with E-state index < -0.39 is 0 Å². The van der Waals surface area contributed by atoms with Crippen LogP contribution in [0, 0.1) is 0 Å². The molecule has 0 radical (unpaired) electrons. The van der Waals surface area contributed by atoms with Gasteiger partial charge in [-0.05, 0) is 29.7 Å². The summed E-state index contributed by atoms with van der Waals surface area (Å²) >= 11 is 0. The van der Waals surface area contributed by atoms with Crippen LogP contribution < -0.4 is 0 Å². The van der Waals surface area contributed by atoms with Crippen molar-refractivity contribution in [1.29, 1.82) is 0 Å². The number of rotatable bonds is 6. The van der Waals surface area contributed by atoms with Crippen molar-refractivity contribution < 1.29 is 9.53 Å². The highest BCUT2D eigenvalue weighted by atomic mass is 16.5. The summed E-state index contributed by atoms with van der Waals surface area (Å²) in [6.07, 6.45) is 4.71. The molecule has 0 saturated heterocycles. The van der Waals surface area contributed by atoms with Gasteiger partial charge >= 0.3 is 5.97 Å². The summed E-state index contributed by atoms with van der Waals surface area (Å²) in [6, 6.07) is 19.6. The van der Waals surface area contributed by atoms with Gasteiger partial charge in [0.1, 0.15) is 6.61 Å². The number of benzene rings is 2. The predicted molar refractivity (Wildman–Crippen MR) is 88.1 cm³/mol. The maximum Gasteiger partial charge on any atom is 0.306 e. The Morgan fingerprint density at radius 2 is 1.65 bits per heavy atom. The largest absolute Gasteiger partial charge is 0.461 e. The number of aromatic nitrogens is 2. The van der Waals surface area contributed by atoms with Crippen molar-refractivity contribution in [2.45, 2.75) is 19.4 Å². The van der Waals surface area contributed by atoms with Crippen LogP contribution in [0.2, 0.25) is 0 Å². The molecule has 0 saturated carbocycles. The molecule has 3 aromatic rings. The molecule has 0 aliphatic carbocycles. The van der Waals surface area contributed by atoms with Gasteiger partial charge in [0, 0.05) is 12.6 Å². The van der Waals surface area contributed by atoms with Crippen LogP contribution in [0.1, 0.15) is 17.5 Å². The van der Waals surface area contributed by atoms with Gasteiger partial charge in [-0.3, -0.25) is 4.79 Å². The van der Waals surface area contributed by atoms with E-state index >= 15 is 0 Å². The molecule has 1 heterocycles. The summed E-state index contributed by atoms with van der Waals surface area (Å²) in [6.45, 7) is 0.322. The second kappa shape index (κ2) is 7.40. The summed E-state index contributed by atoms with van der Waals surface area (Å²) in [5.41, 5.74) is 3.02. The molecule has 4 heteroatoms. The van der Waals surface area contributed by atoms with Gasteiger partial charge < -0.3 is 4.74 Å². The Kier molecular flexibility index (Phi) is 4.84. The summed E-state index contributed by atoms with van der Waals surface area (Å²) in [5, 5.41) is 4.32. The average molecular weight is 306 g/mol.